The maximum absolute atomic E-state index is 4.19. The monoisotopic (exact) mass is 150 g/mol. The zero-order chi connectivity index (χ0) is 8.10. The summed E-state index contributed by atoms with van der Waals surface area (Å²) in [6, 6.07) is 0. The Morgan fingerprint density at radius 1 is 1.36 bits per heavy atom. The van der Waals surface area contributed by atoms with Gasteiger partial charge in [0, 0.05) is 24.2 Å². The highest BCUT2D eigenvalue weighted by Crippen LogP contribution is 1.97. The van der Waals surface area contributed by atoms with Crippen molar-refractivity contribution in [3.05, 3.63) is 23.5 Å². The standard InChI is InChI=1S/C9H14N2/c1-8-4-3-6-10-7-5-9(2)11-8/h4-5,7,11H,3,6H2,1-2H3/b8-4+,9-5-,10-7+. The van der Waals surface area contributed by atoms with Crippen LogP contribution in [0.3, 0.4) is 0 Å². The Morgan fingerprint density at radius 2 is 2.18 bits per heavy atom. The quantitative estimate of drug-likeness (QED) is 0.560. The third kappa shape index (κ3) is 3.03. The molecule has 0 saturated carbocycles. The summed E-state index contributed by atoms with van der Waals surface area (Å²) in [6.45, 7) is 5.00. The zero-order valence-corrected chi connectivity index (χ0v) is 7.09. The van der Waals surface area contributed by atoms with Crippen molar-refractivity contribution in [2.75, 3.05) is 6.54 Å². The Labute approximate surface area is 67.7 Å². The lowest BCUT2D eigenvalue weighted by Crippen LogP contribution is -2.07. The van der Waals surface area contributed by atoms with Gasteiger partial charge in [-0.25, -0.2) is 0 Å². The van der Waals surface area contributed by atoms with Crippen LogP contribution in [0.25, 0.3) is 0 Å². The van der Waals surface area contributed by atoms with E-state index in [0.29, 0.717) is 0 Å². The fraction of sp³-hybridized carbons (Fsp3) is 0.444. The van der Waals surface area contributed by atoms with Crippen LogP contribution in [0.1, 0.15) is 20.3 Å². The van der Waals surface area contributed by atoms with Gasteiger partial charge in [0.2, 0.25) is 0 Å². The van der Waals surface area contributed by atoms with Crippen LogP contribution in [0.2, 0.25) is 0 Å². The molecule has 60 valence electrons. The summed E-state index contributed by atoms with van der Waals surface area (Å²) in [5.41, 5.74) is 2.36. The number of hydrogen-bond acceptors (Lipinski definition) is 2. The molecule has 0 spiro atoms. The van der Waals surface area contributed by atoms with E-state index in [1.165, 1.54) is 5.70 Å². The van der Waals surface area contributed by atoms with Crippen molar-refractivity contribution in [1.82, 2.24) is 5.32 Å². The summed E-state index contributed by atoms with van der Waals surface area (Å²) in [5.74, 6) is 0. The normalized spacial score (nSPS) is 31.1. The van der Waals surface area contributed by atoms with Gasteiger partial charge in [-0.2, -0.15) is 0 Å². The van der Waals surface area contributed by atoms with Gasteiger partial charge in [-0.15, -0.1) is 0 Å². The first kappa shape index (κ1) is 8.05. The van der Waals surface area contributed by atoms with Gasteiger partial charge < -0.3 is 5.32 Å². The Hall–Kier alpha value is -1.05. The first-order valence-electron chi connectivity index (χ1n) is 3.89. The van der Waals surface area contributed by atoms with Gasteiger partial charge in [0.25, 0.3) is 0 Å². The maximum atomic E-state index is 4.19. The Bertz CT molecular complexity index is 212. The molecule has 0 atom stereocenters. The molecule has 0 aromatic heterocycles. The number of nitrogens with one attached hydrogen (secondary N) is 1. The van der Waals surface area contributed by atoms with E-state index in [4.69, 9.17) is 0 Å². The SMILES string of the molecule is C/C1=C/C=N/CC/C=C(\C)N1. The summed E-state index contributed by atoms with van der Waals surface area (Å²) in [6.07, 6.45) is 7.04. The Balaban J connectivity index is 2.68. The fourth-order valence-corrected chi connectivity index (χ4v) is 0.998. The summed E-state index contributed by atoms with van der Waals surface area (Å²) in [4.78, 5) is 4.19. The van der Waals surface area contributed by atoms with E-state index >= 15 is 0 Å². The van der Waals surface area contributed by atoms with Crippen LogP contribution in [0.4, 0.5) is 0 Å². The minimum atomic E-state index is 0.892. The molecule has 1 heterocycles. The molecule has 1 aliphatic rings. The molecule has 1 N–H and O–H groups in total. The third-order valence-corrected chi connectivity index (χ3v) is 1.53. The van der Waals surface area contributed by atoms with Crippen molar-refractivity contribution in [2.24, 2.45) is 4.99 Å². The van der Waals surface area contributed by atoms with Crippen molar-refractivity contribution < 1.29 is 0 Å². The topological polar surface area (TPSA) is 24.4 Å². The minimum absolute atomic E-state index is 0.892. The van der Waals surface area contributed by atoms with Gasteiger partial charge in [-0.1, -0.05) is 6.08 Å². The molecule has 0 aromatic rings. The van der Waals surface area contributed by atoms with E-state index in [0.717, 1.165) is 18.7 Å². The maximum Gasteiger partial charge on any atom is 0.0424 e. The predicted octanol–water partition coefficient (Wildman–Crippen LogP) is 1.86. The Kier molecular flexibility index (Phi) is 2.90. The highest BCUT2D eigenvalue weighted by atomic mass is 14.9. The van der Waals surface area contributed by atoms with Gasteiger partial charge in [0.15, 0.2) is 0 Å². The van der Waals surface area contributed by atoms with Gasteiger partial charge in [-0.3, -0.25) is 4.99 Å². The number of nitrogens with zero attached hydrogens (tertiary/aromatic N) is 1. The first-order chi connectivity index (χ1) is 5.29. The molecular formula is C9H14N2. The number of allylic oxidation sites excluding steroid dienone is 3. The zero-order valence-electron chi connectivity index (χ0n) is 7.09. The molecule has 0 bridgehead atoms. The van der Waals surface area contributed by atoms with Crippen molar-refractivity contribution in [1.29, 1.82) is 0 Å². The predicted molar refractivity (Wildman–Crippen MR) is 48.6 cm³/mol. The molecule has 0 unspecified atom stereocenters. The molecule has 2 heteroatoms. The molecule has 0 aliphatic carbocycles. The largest absolute Gasteiger partial charge is 0.363 e. The van der Waals surface area contributed by atoms with E-state index < -0.39 is 0 Å². The number of aliphatic imine (C=N–C) groups is 1. The first-order valence-corrected chi connectivity index (χ1v) is 3.89. The minimum Gasteiger partial charge on any atom is -0.363 e. The lowest BCUT2D eigenvalue weighted by molar-refractivity contribution is 0.935. The number of hydrogen-bond donors (Lipinski definition) is 1. The molecule has 0 radical (unpaired) electrons. The van der Waals surface area contributed by atoms with Gasteiger partial charge in [-0.05, 0) is 26.3 Å². The van der Waals surface area contributed by atoms with E-state index in [2.05, 4.69) is 23.3 Å². The molecule has 1 aliphatic heterocycles. The van der Waals surface area contributed by atoms with E-state index in [9.17, 15) is 0 Å². The summed E-state index contributed by atoms with van der Waals surface area (Å²) < 4.78 is 0. The van der Waals surface area contributed by atoms with E-state index in [1.54, 1.807) is 0 Å². The van der Waals surface area contributed by atoms with Crippen molar-refractivity contribution >= 4 is 6.21 Å². The molecule has 0 saturated heterocycles. The van der Waals surface area contributed by atoms with Crippen LogP contribution in [0.5, 0.6) is 0 Å². The smallest absolute Gasteiger partial charge is 0.0424 e. The van der Waals surface area contributed by atoms with Crippen LogP contribution in [0.15, 0.2) is 28.5 Å². The van der Waals surface area contributed by atoms with Gasteiger partial charge in [0.05, 0.1) is 0 Å². The lowest BCUT2D eigenvalue weighted by atomic mass is 10.3. The van der Waals surface area contributed by atoms with Gasteiger partial charge in [0.1, 0.15) is 0 Å². The van der Waals surface area contributed by atoms with E-state index in [1.807, 2.05) is 19.2 Å². The summed E-state index contributed by atoms with van der Waals surface area (Å²) >= 11 is 0. The van der Waals surface area contributed by atoms with Gasteiger partial charge >= 0.3 is 0 Å². The lowest BCUT2D eigenvalue weighted by Gasteiger charge is -2.03. The fourth-order valence-electron chi connectivity index (χ4n) is 0.998. The summed E-state index contributed by atoms with van der Waals surface area (Å²) in [5, 5.41) is 3.25. The molecular weight excluding hydrogens is 136 g/mol. The van der Waals surface area contributed by atoms with Crippen LogP contribution in [-0.4, -0.2) is 12.8 Å². The molecule has 2 nitrogen and oxygen atoms in total. The second-order valence-electron chi connectivity index (χ2n) is 2.71. The molecule has 11 heavy (non-hydrogen) atoms. The van der Waals surface area contributed by atoms with Crippen molar-refractivity contribution in [2.45, 2.75) is 20.3 Å². The highest BCUT2D eigenvalue weighted by Gasteiger charge is 1.90. The molecule has 0 amide bonds. The van der Waals surface area contributed by atoms with Crippen molar-refractivity contribution in [3.8, 4) is 0 Å². The number of rotatable bonds is 0. The average molecular weight is 150 g/mol. The second-order valence-corrected chi connectivity index (χ2v) is 2.71. The third-order valence-electron chi connectivity index (χ3n) is 1.53. The van der Waals surface area contributed by atoms with Crippen LogP contribution in [0, 0.1) is 0 Å². The Morgan fingerprint density at radius 3 is 3.00 bits per heavy atom. The molecule has 1 rings (SSSR count). The second kappa shape index (κ2) is 3.96. The van der Waals surface area contributed by atoms with Crippen LogP contribution < -0.4 is 5.32 Å². The van der Waals surface area contributed by atoms with Crippen LogP contribution >= 0.6 is 0 Å². The molecule has 0 fully saturated rings. The summed E-state index contributed by atoms with van der Waals surface area (Å²) in [7, 11) is 0. The average Bonchev–Trinajstić information content (AvgIpc) is 2.02. The van der Waals surface area contributed by atoms with Crippen LogP contribution in [-0.2, 0) is 0 Å². The highest BCUT2D eigenvalue weighted by molar-refractivity contribution is 5.72. The van der Waals surface area contributed by atoms with Crippen molar-refractivity contribution in [3.63, 3.8) is 0 Å². The molecule has 0 aromatic carbocycles. The van der Waals surface area contributed by atoms with E-state index in [-0.39, 0.29) is 0 Å².